The van der Waals surface area contributed by atoms with Crippen LogP contribution in [0.4, 0.5) is 5.82 Å². The number of nitrogen functional groups attached to an aromatic ring is 1. The molecule has 4 N–H and O–H groups in total. The Hall–Kier alpha value is -1.60. The van der Waals surface area contributed by atoms with Gasteiger partial charge in [-0.1, -0.05) is 5.92 Å². The van der Waals surface area contributed by atoms with Gasteiger partial charge >= 0.3 is 0 Å². The van der Waals surface area contributed by atoms with E-state index in [-0.39, 0.29) is 0 Å². The number of aromatic nitrogens is 2. The minimum atomic E-state index is 0.402. The fourth-order valence-corrected chi connectivity index (χ4v) is 0.628. The summed E-state index contributed by atoms with van der Waals surface area (Å²) in [6.07, 6.45) is 3.69. The molecule has 4 nitrogen and oxygen atoms in total. The molecule has 62 valence electrons. The van der Waals surface area contributed by atoms with Gasteiger partial charge in [-0.3, -0.25) is 0 Å². The zero-order valence-electron chi connectivity index (χ0n) is 6.62. The van der Waals surface area contributed by atoms with E-state index in [1.807, 2.05) is 0 Å². The second-order valence-corrected chi connectivity index (χ2v) is 2.17. The van der Waals surface area contributed by atoms with Gasteiger partial charge in [0.2, 0.25) is 0 Å². The van der Waals surface area contributed by atoms with Gasteiger partial charge in [-0.2, -0.15) is 0 Å². The first-order valence-corrected chi connectivity index (χ1v) is 3.59. The lowest BCUT2D eigenvalue weighted by molar-refractivity contribution is 1.03. The summed E-state index contributed by atoms with van der Waals surface area (Å²) in [5.74, 6) is 6.07. The van der Waals surface area contributed by atoms with Crippen molar-refractivity contribution in [3.8, 4) is 11.8 Å². The molecule has 0 saturated heterocycles. The predicted octanol–water partition coefficient (Wildman–Crippen LogP) is -0.241. The monoisotopic (exact) mass is 162 g/mol. The van der Waals surface area contributed by atoms with Crippen LogP contribution in [-0.2, 0) is 0 Å². The second-order valence-electron chi connectivity index (χ2n) is 2.17. The molecule has 1 rings (SSSR count). The summed E-state index contributed by atoms with van der Waals surface area (Å²) < 4.78 is 0. The fraction of sp³-hybridized carbons (Fsp3) is 0.250. The number of hydrogen-bond donors (Lipinski definition) is 2. The van der Waals surface area contributed by atoms with Gasteiger partial charge in [0.25, 0.3) is 0 Å². The van der Waals surface area contributed by atoms with Crippen LogP contribution in [0.1, 0.15) is 12.1 Å². The molecule has 0 saturated carbocycles. The third kappa shape index (κ3) is 2.56. The van der Waals surface area contributed by atoms with E-state index in [1.54, 1.807) is 6.20 Å². The predicted molar refractivity (Wildman–Crippen MR) is 47.0 cm³/mol. The molecule has 12 heavy (non-hydrogen) atoms. The van der Waals surface area contributed by atoms with Gasteiger partial charge in [0, 0.05) is 13.0 Å². The second kappa shape index (κ2) is 4.31. The molecule has 1 heterocycles. The number of hydrogen-bond acceptors (Lipinski definition) is 4. The van der Waals surface area contributed by atoms with Gasteiger partial charge in [-0.25, -0.2) is 9.97 Å². The first-order valence-electron chi connectivity index (χ1n) is 3.59. The summed E-state index contributed by atoms with van der Waals surface area (Å²) in [7, 11) is 0. The Morgan fingerprint density at radius 3 is 2.75 bits per heavy atom. The molecule has 0 radical (unpaired) electrons. The van der Waals surface area contributed by atoms with Crippen LogP contribution in [0.3, 0.4) is 0 Å². The standard InChI is InChI=1S/C8H10N4/c9-4-2-1-3-7-5-12-8(10)6-11-7/h5-6H,2,4,9H2,(H2,10,12). The minimum absolute atomic E-state index is 0.402. The Bertz CT molecular complexity index is 293. The van der Waals surface area contributed by atoms with Crippen molar-refractivity contribution < 1.29 is 0 Å². The van der Waals surface area contributed by atoms with Gasteiger partial charge in [0.05, 0.1) is 12.4 Å². The van der Waals surface area contributed by atoms with Crippen LogP contribution in [0.5, 0.6) is 0 Å². The average Bonchev–Trinajstić information content (AvgIpc) is 2.09. The van der Waals surface area contributed by atoms with Crippen LogP contribution in [0.25, 0.3) is 0 Å². The third-order valence-electron chi connectivity index (χ3n) is 1.16. The summed E-state index contributed by atoms with van der Waals surface area (Å²) in [6.45, 7) is 0.565. The molecule has 0 spiro atoms. The van der Waals surface area contributed by atoms with Gasteiger partial charge in [0.1, 0.15) is 11.5 Å². The molecule has 1 aromatic heterocycles. The van der Waals surface area contributed by atoms with Crippen molar-refractivity contribution in [1.29, 1.82) is 0 Å². The molecular formula is C8H10N4. The maximum Gasteiger partial charge on any atom is 0.141 e. The molecule has 0 bridgehead atoms. The average molecular weight is 162 g/mol. The van der Waals surface area contributed by atoms with Crippen LogP contribution in [-0.4, -0.2) is 16.5 Å². The first-order chi connectivity index (χ1) is 5.83. The normalized spacial score (nSPS) is 8.75. The first kappa shape index (κ1) is 8.50. The van der Waals surface area contributed by atoms with Crippen molar-refractivity contribution in [3.05, 3.63) is 18.1 Å². The Balaban J connectivity index is 2.66. The SMILES string of the molecule is NCCC#Cc1cnc(N)cn1. The smallest absolute Gasteiger partial charge is 0.141 e. The zero-order chi connectivity index (χ0) is 8.81. The van der Waals surface area contributed by atoms with Crippen molar-refractivity contribution in [2.75, 3.05) is 12.3 Å². The minimum Gasteiger partial charge on any atom is -0.382 e. The molecule has 0 atom stereocenters. The summed E-state index contributed by atoms with van der Waals surface area (Å²) in [6, 6.07) is 0. The van der Waals surface area contributed by atoms with Crippen LogP contribution < -0.4 is 11.5 Å². The molecule has 0 aliphatic rings. The zero-order valence-corrected chi connectivity index (χ0v) is 6.62. The highest BCUT2D eigenvalue weighted by Crippen LogP contribution is 1.93. The lowest BCUT2D eigenvalue weighted by atomic mass is 10.4. The highest BCUT2D eigenvalue weighted by molar-refractivity contribution is 5.30. The van der Waals surface area contributed by atoms with Crippen LogP contribution in [0.15, 0.2) is 12.4 Å². The van der Waals surface area contributed by atoms with E-state index in [0.717, 1.165) is 0 Å². The third-order valence-corrected chi connectivity index (χ3v) is 1.16. The van der Waals surface area contributed by atoms with Crippen LogP contribution in [0.2, 0.25) is 0 Å². The van der Waals surface area contributed by atoms with E-state index in [2.05, 4.69) is 21.8 Å². The Morgan fingerprint density at radius 2 is 2.17 bits per heavy atom. The summed E-state index contributed by atoms with van der Waals surface area (Å²) in [5.41, 5.74) is 11.2. The summed E-state index contributed by atoms with van der Waals surface area (Å²) in [4.78, 5) is 7.79. The lowest BCUT2D eigenvalue weighted by Crippen LogP contribution is -1.96. The van der Waals surface area contributed by atoms with E-state index < -0.39 is 0 Å². The van der Waals surface area contributed by atoms with Crippen molar-refractivity contribution in [2.24, 2.45) is 5.73 Å². The van der Waals surface area contributed by atoms with Crippen molar-refractivity contribution in [1.82, 2.24) is 9.97 Å². The van der Waals surface area contributed by atoms with Crippen molar-refractivity contribution >= 4 is 5.82 Å². The van der Waals surface area contributed by atoms with Crippen LogP contribution >= 0.6 is 0 Å². The van der Waals surface area contributed by atoms with Gasteiger partial charge < -0.3 is 11.5 Å². The Kier molecular flexibility index (Phi) is 3.05. The Morgan fingerprint density at radius 1 is 1.33 bits per heavy atom. The maximum atomic E-state index is 5.34. The molecule has 0 aliphatic carbocycles. The van der Waals surface area contributed by atoms with Crippen molar-refractivity contribution in [2.45, 2.75) is 6.42 Å². The van der Waals surface area contributed by atoms with E-state index in [9.17, 15) is 0 Å². The molecule has 1 aromatic rings. The molecule has 0 aliphatic heterocycles. The number of rotatable bonds is 1. The topological polar surface area (TPSA) is 77.8 Å². The summed E-state index contributed by atoms with van der Waals surface area (Å²) >= 11 is 0. The maximum absolute atomic E-state index is 5.34. The van der Waals surface area contributed by atoms with E-state index in [1.165, 1.54) is 6.20 Å². The molecular weight excluding hydrogens is 152 g/mol. The Labute approximate surface area is 71.0 Å². The number of anilines is 1. The lowest BCUT2D eigenvalue weighted by Gasteiger charge is -1.89. The van der Waals surface area contributed by atoms with E-state index in [0.29, 0.717) is 24.5 Å². The molecule has 0 amide bonds. The quantitative estimate of drug-likeness (QED) is 0.558. The molecule has 0 fully saturated rings. The van der Waals surface area contributed by atoms with Gasteiger partial charge in [-0.05, 0) is 5.92 Å². The number of nitrogens with zero attached hydrogens (tertiary/aromatic N) is 2. The molecule has 4 heteroatoms. The van der Waals surface area contributed by atoms with E-state index in [4.69, 9.17) is 11.5 Å². The highest BCUT2D eigenvalue weighted by Gasteiger charge is 1.87. The van der Waals surface area contributed by atoms with Gasteiger partial charge in [-0.15, -0.1) is 0 Å². The largest absolute Gasteiger partial charge is 0.382 e. The van der Waals surface area contributed by atoms with Crippen molar-refractivity contribution in [3.63, 3.8) is 0 Å². The van der Waals surface area contributed by atoms with Gasteiger partial charge in [0.15, 0.2) is 0 Å². The highest BCUT2D eigenvalue weighted by atomic mass is 14.9. The summed E-state index contributed by atoms with van der Waals surface area (Å²) in [5, 5.41) is 0. The molecule has 0 unspecified atom stereocenters. The molecule has 0 aromatic carbocycles. The fourth-order valence-electron chi connectivity index (χ4n) is 0.628. The van der Waals surface area contributed by atoms with E-state index >= 15 is 0 Å². The number of nitrogens with two attached hydrogens (primary N) is 2. The van der Waals surface area contributed by atoms with Crippen LogP contribution in [0, 0.1) is 11.8 Å².